The fourth-order valence-corrected chi connectivity index (χ4v) is 4.66. The number of nitrogens with one attached hydrogen (secondary N) is 2. The van der Waals surface area contributed by atoms with Gasteiger partial charge in [0.2, 0.25) is 0 Å². The van der Waals surface area contributed by atoms with Crippen LogP contribution in [0.5, 0.6) is 0 Å². The van der Waals surface area contributed by atoms with Crippen LogP contribution in [0.25, 0.3) is 33.5 Å². The Balaban J connectivity index is 1.54. The molecule has 7 heteroatoms. The summed E-state index contributed by atoms with van der Waals surface area (Å²) >= 11 is 0. The van der Waals surface area contributed by atoms with Crippen LogP contribution in [0.4, 0.5) is 4.39 Å². The first kappa shape index (κ1) is 24.9. The summed E-state index contributed by atoms with van der Waals surface area (Å²) in [4.78, 5) is 33.4. The number of amides is 1. The molecule has 0 fully saturated rings. The van der Waals surface area contributed by atoms with Crippen molar-refractivity contribution >= 4 is 22.9 Å². The molecular weight excluding hydrogens is 481 g/mol. The number of aromatic nitrogens is 2. The first-order valence-electron chi connectivity index (χ1n) is 12.4. The van der Waals surface area contributed by atoms with Gasteiger partial charge in [-0.1, -0.05) is 61.9 Å². The fraction of sp³-hybridized carbons (Fsp3) is 0.129. The Labute approximate surface area is 219 Å². The normalized spacial score (nSPS) is 11.8. The number of halogens is 1. The number of carboxylic acid groups (broad SMARTS) is 1. The van der Waals surface area contributed by atoms with E-state index in [1.54, 1.807) is 18.2 Å². The monoisotopic (exact) mass is 507 g/mol. The maximum atomic E-state index is 14.4. The predicted molar refractivity (Wildman–Crippen MR) is 145 cm³/mol. The van der Waals surface area contributed by atoms with Gasteiger partial charge in [-0.2, -0.15) is 0 Å². The largest absolute Gasteiger partial charge is 0.478 e. The molecular formula is C31H26FN3O3. The highest BCUT2D eigenvalue weighted by molar-refractivity contribution is 6.03. The Morgan fingerprint density at radius 1 is 0.921 bits per heavy atom. The zero-order chi connectivity index (χ0) is 26.6. The molecule has 6 nitrogen and oxygen atoms in total. The van der Waals surface area contributed by atoms with Gasteiger partial charge in [-0.15, -0.1) is 0 Å². The number of hydrogen-bond donors (Lipinski definition) is 3. The lowest BCUT2D eigenvalue weighted by Crippen LogP contribution is -2.28. The summed E-state index contributed by atoms with van der Waals surface area (Å²) in [6.07, 6.45) is 1.60. The number of aromatic amines is 1. The number of imidazole rings is 1. The van der Waals surface area contributed by atoms with Gasteiger partial charge in [0.1, 0.15) is 11.6 Å². The first-order chi connectivity index (χ1) is 18.4. The zero-order valence-corrected chi connectivity index (χ0v) is 20.7. The molecule has 0 saturated heterocycles. The number of carboxylic acids is 1. The zero-order valence-electron chi connectivity index (χ0n) is 20.7. The van der Waals surface area contributed by atoms with E-state index in [1.165, 1.54) is 18.2 Å². The van der Waals surface area contributed by atoms with E-state index in [1.807, 2.05) is 61.5 Å². The number of hydrogen-bond acceptors (Lipinski definition) is 3. The molecule has 5 rings (SSSR count). The van der Waals surface area contributed by atoms with Crippen LogP contribution in [-0.4, -0.2) is 27.0 Å². The van der Waals surface area contributed by atoms with Crippen molar-refractivity contribution in [2.45, 2.75) is 25.8 Å². The highest BCUT2D eigenvalue weighted by Crippen LogP contribution is 2.35. The standard InChI is InChI=1S/C31H26FN3O3/c1-2-8-26(19-9-4-3-5-10-19)35-30(36)20-13-15-22(25(17-20)31(37)38)24-18-21(32)14-16-23(24)29-33-27-11-6-7-12-28(27)34-29/h3-7,9-18,26H,2,8H2,1H3,(H,33,34)(H,35,36)(H,37,38). The maximum absolute atomic E-state index is 14.4. The Bertz CT molecular complexity index is 1600. The van der Waals surface area contributed by atoms with E-state index >= 15 is 0 Å². The highest BCUT2D eigenvalue weighted by Gasteiger charge is 2.21. The summed E-state index contributed by atoms with van der Waals surface area (Å²) < 4.78 is 14.4. The van der Waals surface area contributed by atoms with Crippen molar-refractivity contribution in [3.8, 4) is 22.5 Å². The number of nitrogens with zero attached hydrogens (tertiary/aromatic N) is 1. The molecule has 1 heterocycles. The van der Waals surface area contributed by atoms with Gasteiger partial charge < -0.3 is 15.4 Å². The van der Waals surface area contributed by atoms with Crippen LogP contribution in [0, 0.1) is 5.82 Å². The Morgan fingerprint density at radius 3 is 2.39 bits per heavy atom. The molecule has 1 aromatic heterocycles. The second kappa shape index (κ2) is 10.7. The fourth-order valence-electron chi connectivity index (χ4n) is 4.66. The Morgan fingerprint density at radius 2 is 1.66 bits per heavy atom. The number of para-hydroxylation sites is 2. The van der Waals surface area contributed by atoms with Crippen LogP contribution in [0.2, 0.25) is 0 Å². The van der Waals surface area contributed by atoms with Gasteiger partial charge in [-0.25, -0.2) is 14.2 Å². The van der Waals surface area contributed by atoms with Gasteiger partial charge in [0.05, 0.1) is 22.6 Å². The second-order valence-corrected chi connectivity index (χ2v) is 9.08. The molecule has 0 aliphatic rings. The molecule has 1 amide bonds. The van der Waals surface area contributed by atoms with Crippen LogP contribution < -0.4 is 5.32 Å². The third-order valence-corrected chi connectivity index (χ3v) is 6.51. The first-order valence-corrected chi connectivity index (χ1v) is 12.4. The third kappa shape index (κ3) is 5.04. The summed E-state index contributed by atoms with van der Waals surface area (Å²) in [5.41, 5.74) is 3.84. The number of carbonyl (C=O) groups is 2. The number of H-pyrrole nitrogens is 1. The number of carbonyl (C=O) groups excluding carboxylic acids is 1. The molecule has 1 atom stereocenters. The van der Waals surface area contributed by atoms with E-state index < -0.39 is 11.8 Å². The number of fused-ring (bicyclic) bond motifs is 1. The van der Waals surface area contributed by atoms with Crippen molar-refractivity contribution in [2.24, 2.45) is 0 Å². The molecule has 0 radical (unpaired) electrons. The van der Waals surface area contributed by atoms with Crippen molar-refractivity contribution in [2.75, 3.05) is 0 Å². The minimum atomic E-state index is -1.22. The molecule has 0 spiro atoms. The van der Waals surface area contributed by atoms with Gasteiger partial charge >= 0.3 is 5.97 Å². The quantitative estimate of drug-likeness (QED) is 0.211. The number of aromatic carboxylic acids is 1. The molecule has 38 heavy (non-hydrogen) atoms. The molecule has 1 unspecified atom stereocenters. The lowest BCUT2D eigenvalue weighted by atomic mass is 9.93. The summed E-state index contributed by atoms with van der Waals surface area (Å²) in [5.74, 6) is -1.62. The van der Waals surface area contributed by atoms with Gasteiger partial charge in [0.15, 0.2) is 0 Å². The van der Waals surface area contributed by atoms with E-state index in [0.29, 0.717) is 17.0 Å². The lowest BCUT2D eigenvalue weighted by molar-refractivity contribution is 0.0697. The van der Waals surface area contributed by atoms with Crippen molar-refractivity contribution in [1.82, 2.24) is 15.3 Å². The minimum Gasteiger partial charge on any atom is -0.478 e. The van der Waals surface area contributed by atoms with Gasteiger partial charge in [0, 0.05) is 11.1 Å². The minimum absolute atomic E-state index is 0.104. The molecule has 0 aliphatic carbocycles. The van der Waals surface area contributed by atoms with Crippen molar-refractivity contribution in [3.63, 3.8) is 0 Å². The summed E-state index contributed by atoms with van der Waals surface area (Å²) in [6.45, 7) is 2.04. The van der Waals surface area contributed by atoms with Gasteiger partial charge in [0.25, 0.3) is 5.91 Å². The van der Waals surface area contributed by atoms with Crippen molar-refractivity contribution < 1.29 is 19.1 Å². The van der Waals surface area contributed by atoms with E-state index in [4.69, 9.17) is 0 Å². The molecule has 0 bridgehead atoms. The van der Waals surface area contributed by atoms with Crippen molar-refractivity contribution in [3.05, 3.63) is 114 Å². The highest BCUT2D eigenvalue weighted by atomic mass is 19.1. The molecule has 5 aromatic rings. The molecule has 190 valence electrons. The third-order valence-electron chi connectivity index (χ3n) is 6.51. The number of benzene rings is 4. The smallest absolute Gasteiger partial charge is 0.336 e. The molecule has 3 N–H and O–H groups in total. The van der Waals surface area contributed by atoms with Gasteiger partial charge in [-0.3, -0.25) is 4.79 Å². The summed E-state index contributed by atoms with van der Waals surface area (Å²) in [7, 11) is 0. The predicted octanol–water partition coefficient (Wildman–Crippen LogP) is 7.01. The summed E-state index contributed by atoms with van der Waals surface area (Å²) in [5, 5.41) is 13.1. The lowest BCUT2D eigenvalue weighted by Gasteiger charge is -2.19. The second-order valence-electron chi connectivity index (χ2n) is 9.08. The topological polar surface area (TPSA) is 95.1 Å². The summed E-state index contributed by atoms with van der Waals surface area (Å²) in [6, 6.07) is 25.6. The Kier molecular flexibility index (Phi) is 7.00. The van der Waals surface area contributed by atoms with Crippen LogP contribution >= 0.6 is 0 Å². The molecule has 0 saturated carbocycles. The average Bonchev–Trinajstić information content (AvgIpc) is 3.37. The van der Waals surface area contributed by atoms with Crippen molar-refractivity contribution in [1.29, 1.82) is 0 Å². The molecule has 4 aromatic carbocycles. The average molecular weight is 508 g/mol. The van der Waals surface area contributed by atoms with Crippen LogP contribution in [0.15, 0.2) is 91.0 Å². The Hall–Kier alpha value is -4.78. The van der Waals surface area contributed by atoms with Gasteiger partial charge in [-0.05, 0) is 65.6 Å². The van der Waals surface area contributed by atoms with E-state index in [0.717, 1.165) is 29.4 Å². The van der Waals surface area contributed by atoms with E-state index in [-0.39, 0.29) is 28.6 Å². The van der Waals surface area contributed by atoms with Crippen LogP contribution in [0.1, 0.15) is 52.1 Å². The SMILES string of the molecule is CCCC(NC(=O)c1ccc(-c2cc(F)ccc2-c2nc3ccccc3[nH]2)c(C(=O)O)c1)c1ccccc1. The van der Waals surface area contributed by atoms with Crippen LogP contribution in [-0.2, 0) is 0 Å². The van der Waals surface area contributed by atoms with E-state index in [2.05, 4.69) is 15.3 Å². The van der Waals surface area contributed by atoms with Crippen LogP contribution in [0.3, 0.4) is 0 Å². The van der Waals surface area contributed by atoms with E-state index in [9.17, 15) is 19.1 Å². The molecule has 0 aliphatic heterocycles. The number of rotatable bonds is 8. The maximum Gasteiger partial charge on any atom is 0.336 e.